The largest absolute Gasteiger partial charge is 0.491 e. The third-order valence-electron chi connectivity index (χ3n) is 6.90. The van der Waals surface area contributed by atoms with Crippen LogP contribution >= 0.6 is 0 Å². The van der Waals surface area contributed by atoms with Crippen molar-refractivity contribution in [2.24, 2.45) is 0 Å². The van der Waals surface area contributed by atoms with Gasteiger partial charge in [-0.15, -0.1) is 0 Å². The Labute approximate surface area is 238 Å². The van der Waals surface area contributed by atoms with E-state index in [1.165, 1.54) is 0 Å². The van der Waals surface area contributed by atoms with Gasteiger partial charge in [0.05, 0.1) is 23.9 Å². The van der Waals surface area contributed by atoms with Crippen LogP contribution < -0.4 is 16.1 Å². The molecule has 5 aromatic rings. The highest BCUT2D eigenvalue weighted by Crippen LogP contribution is 2.31. The Morgan fingerprint density at radius 1 is 0.951 bits per heavy atom. The summed E-state index contributed by atoms with van der Waals surface area (Å²) in [5.41, 5.74) is 5.44. The average molecular weight is 551 g/mol. The van der Waals surface area contributed by atoms with Gasteiger partial charge in [0.1, 0.15) is 11.6 Å². The zero-order valence-corrected chi connectivity index (χ0v) is 23.8. The topological polar surface area (TPSA) is 103 Å². The summed E-state index contributed by atoms with van der Waals surface area (Å²) < 4.78 is 12.4. The van der Waals surface area contributed by atoms with Crippen LogP contribution in [0.15, 0.2) is 86.9 Å². The molecule has 8 heteroatoms. The second-order valence-corrected chi connectivity index (χ2v) is 10.4. The molecule has 0 saturated carbocycles. The Morgan fingerprint density at radius 2 is 1.71 bits per heavy atom. The van der Waals surface area contributed by atoms with E-state index in [-0.39, 0.29) is 11.7 Å². The number of H-pyrrole nitrogens is 1. The Kier molecular flexibility index (Phi) is 8.29. The quantitative estimate of drug-likeness (QED) is 0.216. The SMILES string of the molecule is CCCCc1nc(C)c(-c2ccc(OC(C)C)cc2)c(=O)n1Cc1ccc(-c2ccccc2)c(-c2noc(=O)[nH]2)c1. The first kappa shape index (κ1) is 27.8. The summed E-state index contributed by atoms with van der Waals surface area (Å²) in [6.45, 7) is 8.29. The molecule has 0 fully saturated rings. The summed E-state index contributed by atoms with van der Waals surface area (Å²) in [5, 5.41) is 3.95. The van der Waals surface area contributed by atoms with Gasteiger partial charge < -0.3 is 4.74 Å². The van der Waals surface area contributed by atoms with Crippen LogP contribution in [-0.2, 0) is 13.0 Å². The van der Waals surface area contributed by atoms with Gasteiger partial charge in [-0.05, 0) is 67.6 Å². The molecule has 0 radical (unpaired) electrons. The summed E-state index contributed by atoms with van der Waals surface area (Å²) >= 11 is 0. The molecule has 0 aliphatic heterocycles. The minimum atomic E-state index is -0.625. The minimum Gasteiger partial charge on any atom is -0.491 e. The number of nitrogens with one attached hydrogen (secondary N) is 1. The van der Waals surface area contributed by atoms with Gasteiger partial charge in [0, 0.05) is 12.0 Å². The Hall–Kier alpha value is -4.72. The number of benzene rings is 3. The highest BCUT2D eigenvalue weighted by molar-refractivity contribution is 5.80. The third-order valence-corrected chi connectivity index (χ3v) is 6.90. The molecule has 2 aromatic heterocycles. The number of aromatic nitrogens is 4. The van der Waals surface area contributed by atoms with Crippen LogP contribution in [-0.4, -0.2) is 25.8 Å². The number of nitrogens with zero attached hydrogens (tertiary/aromatic N) is 3. The maximum atomic E-state index is 14.1. The lowest BCUT2D eigenvalue weighted by Gasteiger charge is -2.17. The third kappa shape index (κ3) is 6.22. The van der Waals surface area contributed by atoms with Crippen LogP contribution in [0.2, 0.25) is 0 Å². The Balaban J connectivity index is 1.60. The van der Waals surface area contributed by atoms with Crippen molar-refractivity contribution in [2.75, 3.05) is 0 Å². The lowest BCUT2D eigenvalue weighted by molar-refractivity contribution is 0.242. The molecule has 0 aliphatic carbocycles. The number of hydrogen-bond acceptors (Lipinski definition) is 6. The maximum absolute atomic E-state index is 14.1. The molecular formula is C33H34N4O4. The first-order valence-electron chi connectivity index (χ1n) is 14.0. The van der Waals surface area contributed by atoms with Crippen molar-refractivity contribution >= 4 is 0 Å². The summed E-state index contributed by atoms with van der Waals surface area (Å²) in [6.07, 6.45) is 2.67. The van der Waals surface area contributed by atoms with Crippen molar-refractivity contribution in [3.63, 3.8) is 0 Å². The van der Waals surface area contributed by atoms with Crippen LogP contribution in [0, 0.1) is 6.92 Å². The van der Waals surface area contributed by atoms with E-state index >= 15 is 0 Å². The predicted octanol–water partition coefficient (Wildman–Crippen LogP) is 6.41. The first-order valence-corrected chi connectivity index (χ1v) is 14.0. The molecule has 3 aromatic carbocycles. The van der Waals surface area contributed by atoms with E-state index in [1.807, 2.05) is 93.6 Å². The van der Waals surface area contributed by atoms with Crippen molar-refractivity contribution in [2.45, 2.75) is 59.6 Å². The number of aromatic amines is 1. The molecule has 2 heterocycles. The van der Waals surface area contributed by atoms with E-state index in [4.69, 9.17) is 14.2 Å². The smallest absolute Gasteiger partial charge is 0.439 e. The van der Waals surface area contributed by atoms with Gasteiger partial charge in [-0.25, -0.2) is 9.78 Å². The van der Waals surface area contributed by atoms with Gasteiger partial charge in [-0.1, -0.05) is 73.1 Å². The van der Waals surface area contributed by atoms with Gasteiger partial charge in [-0.3, -0.25) is 18.9 Å². The fraction of sp³-hybridized carbons (Fsp3) is 0.273. The summed E-state index contributed by atoms with van der Waals surface area (Å²) in [5.74, 6) is 1.22. The lowest BCUT2D eigenvalue weighted by Crippen LogP contribution is -2.28. The molecule has 0 atom stereocenters. The predicted molar refractivity (Wildman–Crippen MR) is 160 cm³/mol. The minimum absolute atomic E-state index is 0.0626. The molecule has 0 unspecified atom stereocenters. The molecule has 0 aliphatic rings. The highest BCUT2D eigenvalue weighted by atomic mass is 16.5. The fourth-order valence-electron chi connectivity index (χ4n) is 4.99. The van der Waals surface area contributed by atoms with Gasteiger partial charge in [-0.2, -0.15) is 0 Å². The summed E-state index contributed by atoms with van der Waals surface area (Å²) in [4.78, 5) is 33.5. The zero-order chi connectivity index (χ0) is 28.9. The van der Waals surface area contributed by atoms with Crippen LogP contribution in [0.1, 0.15) is 50.7 Å². The second-order valence-electron chi connectivity index (χ2n) is 10.4. The molecule has 210 valence electrons. The van der Waals surface area contributed by atoms with Crippen LogP contribution in [0.5, 0.6) is 5.75 Å². The zero-order valence-electron chi connectivity index (χ0n) is 23.8. The standard InChI is InChI=1S/C33H34N4O4/c1-5-6-12-29-34-22(4)30(25-14-16-26(17-15-25)40-21(2)3)32(38)37(29)20-23-13-18-27(24-10-8-7-9-11-24)28(19-23)31-35-33(39)41-36-31/h7-11,13-19,21H,5-6,12,20H2,1-4H3,(H,35,36,39). The second kappa shape index (κ2) is 12.2. The molecule has 0 bridgehead atoms. The number of hydrogen-bond donors (Lipinski definition) is 1. The Morgan fingerprint density at radius 3 is 2.37 bits per heavy atom. The lowest BCUT2D eigenvalue weighted by atomic mass is 9.97. The molecule has 1 N–H and O–H groups in total. The molecule has 0 saturated heterocycles. The van der Waals surface area contributed by atoms with Crippen molar-refractivity contribution in [3.8, 4) is 39.4 Å². The molecule has 5 rings (SSSR count). The summed E-state index contributed by atoms with van der Waals surface area (Å²) in [6, 6.07) is 23.4. The van der Waals surface area contributed by atoms with Crippen LogP contribution in [0.25, 0.3) is 33.6 Å². The maximum Gasteiger partial charge on any atom is 0.439 e. The van der Waals surface area contributed by atoms with E-state index in [0.29, 0.717) is 35.6 Å². The van der Waals surface area contributed by atoms with Crippen molar-refractivity contribution < 1.29 is 9.26 Å². The Bertz CT molecular complexity index is 1750. The van der Waals surface area contributed by atoms with Gasteiger partial charge in [0.2, 0.25) is 0 Å². The van der Waals surface area contributed by atoms with Crippen molar-refractivity contribution in [3.05, 3.63) is 111 Å². The number of ether oxygens (including phenoxy) is 1. The van der Waals surface area contributed by atoms with Gasteiger partial charge in [0.25, 0.3) is 5.56 Å². The molecular weight excluding hydrogens is 516 g/mol. The number of rotatable bonds is 10. The molecule has 0 spiro atoms. The van der Waals surface area contributed by atoms with Crippen LogP contribution in [0.3, 0.4) is 0 Å². The molecule has 41 heavy (non-hydrogen) atoms. The monoisotopic (exact) mass is 550 g/mol. The van der Waals surface area contributed by atoms with Crippen LogP contribution in [0.4, 0.5) is 0 Å². The van der Waals surface area contributed by atoms with E-state index in [2.05, 4.69) is 17.1 Å². The first-order chi connectivity index (χ1) is 19.8. The van der Waals surface area contributed by atoms with E-state index in [1.54, 1.807) is 4.57 Å². The van der Waals surface area contributed by atoms with Crippen molar-refractivity contribution in [1.29, 1.82) is 0 Å². The number of unbranched alkanes of at least 4 members (excludes halogenated alkanes) is 1. The van der Waals surface area contributed by atoms with Gasteiger partial charge >= 0.3 is 5.76 Å². The normalized spacial score (nSPS) is 11.2. The average Bonchev–Trinajstić information content (AvgIpc) is 3.40. The van der Waals surface area contributed by atoms with Crippen molar-refractivity contribution in [1.82, 2.24) is 19.7 Å². The number of aryl methyl sites for hydroxylation is 2. The van der Waals surface area contributed by atoms with E-state index < -0.39 is 5.76 Å². The van der Waals surface area contributed by atoms with E-state index in [9.17, 15) is 9.59 Å². The fourth-order valence-corrected chi connectivity index (χ4v) is 4.99. The van der Waals surface area contributed by atoms with E-state index in [0.717, 1.165) is 46.7 Å². The molecule has 8 nitrogen and oxygen atoms in total. The van der Waals surface area contributed by atoms with Gasteiger partial charge in [0.15, 0.2) is 5.82 Å². The summed E-state index contributed by atoms with van der Waals surface area (Å²) in [7, 11) is 0. The highest BCUT2D eigenvalue weighted by Gasteiger charge is 2.18. The molecule has 0 amide bonds.